The Bertz CT molecular complexity index is 913. The van der Waals surface area contributed by atoms with Crippen molar-refractivity contribution in [3.63, 3.8) is 0 Å². The number of carboxylic acid groups (broad SMARTS) is 1. The van der Waals surface area contributed by atoms with E-state index >= 15 is 0 Å². The average molecular weight is 327 g/mol. The van der Waals surface area contributed by atoms with Crippen molar-refractivity contribution in [3.8, 4) is 28.1 Å². The van der Waals surface area contributed by atoms with E-state index in [-0.39, 0.29) is 5.01 Å². The number of aromatic carboxylic acids is 1. The van der Waals surface area contributed by atoms with Gasteiger partial charge in [-0.15, -0.1) is 11.3 Å². The minimum atomic E-state index is -0.988. The summed E-state index contributed by atoms with van der Waals surface area (Å²) in [6.45, 7) is 0.512. The van der Waals surface area contributed by atoms with Crippen molar-refractivity contribution in [1.82, 2.24) is 14.8 Å². The fourth-order valence-corrected chi connectivity index (χ4v) is 3.56. The SMILES string of the molecule is Cn1cc(-c2ccc3c(c2)OCCc2sc(C(=O)O)nc2-3)cn1. The van der Waals surface area contributed by atoms with Crippen LogP contribution in [0.4, 0.5) is 0 Å². The van der Waals surface area contributed by atoms with Gasteiger partial charge in [0.25, 0.3) is 0 Å². The zero-order chi connectivity index (χ0) is 16.0. The van der Waals surface area contributed by atoms with Gasteiger partial charge in [-0.2, -0.15) is 5.10 Å². The average Bonchev–Trinajstić information content (AvgIpc) is 3.10. The first-order chi connectivity index (χ1) is 11.1. The number of hydrogen-bond donors (Lipinski definition) is 1. The van der Waals surface area contributed by atoms with Crippen LogP contribution in [0.5, 0.6) is 5.75 Å². The summed E-state index contributed by atoms with van der Waals surface area (Å²) in [5.41, 5.74) is 3.58. The number of rotatable bonds is 2. The summed E-state index contributed by atoms with van der Waals surface area (Å²) in [6, 6.07) is 5.88. The number of fused-ring (bicyclic) bond motifs is 3. The van der Waals surface area contributed by atoms with Crippen LogP contribution in [0.2, 0.25) is 0 Å². The highest BCUT2D eigenvalue weighted by atomic mass is 32.1. The highest BCUT2D eigenvalue weighted by Crippen LogP contribution is 2.39. The van der Waals surface area contributed by atoms with Crippen LogP contribution < -0.4 is 4.74 Å². The molecule has 3 heterocycles. The van der Waals surface area contributed by atoms with Crippen LogP contribution in [0.15, 0.2) is 30.6 Å². The maximum Gasteiger partial charge on any atom is 0.365 e. The van der Waals surface area contributed by atoms with E-state index in [0.29, 0.717) is 13.0 Å². The summed E-state index contributed by atoms with van der Waals surface area (Å²) in [5.74, 6) is -0.259. The van der Waals surface area contributed by atoms with Crippen molar-refractivity contribution >= 4 is 17.3 Å². The number of ether oxygens (including phenoxy) is 1. The number of carboxylic acids is 1. The van der Waals surface area contributed by atoms with Gasteiger partial charge in [0.05, 0.1) is 18.5 Å². The maximum absolute atomic E-state index is 11.2. The largest absolute Gasteiger partial charge is 0.492 e. The Morgan fingerprint density at radius 3 is 3.00 bits per heavy atom. The van der Waals surface area contributed by atoms with Gasteiger partial charge in [0, 0.05) is 35.7 Å². The van der Waals surface area contributed by atoms with Crippen LogP contribution in [0, 0.1) is 0 Å². The Labute approximate surface area is 136 Å². The lowest BCUT2D eigenvalue weighted by molar-refractivity contribution is 0.0696. The Morgan fingerprint density at radius 1 is 1.39 bits per heavy atom. The molecule has 3 aromatic rings. The second-order valence-electron chi connectivity index (χ2n) is 5.31. The third kappa shape index (κ3) is 2.39. The zero-order valence-electron chi connectivity index (χ0n) is 12.3. The van der Waals surface area contributed by atoms with Crippen LogP contribution >= 0.6 is 11.3 Å². The summed E-state index contributed by atoms with van der Waals surface area (Å²) in [6.07, 6.45) is 4.40. The molecule has 0 radical (unpaired) electrons. The lowest BCUT2D eigenvalue weighted by Crippen LogP contribution is -1.98. The van der Waals surface area contributed by atoms with Gasteiger partial charge in [0.2, 0.25) is 5.01 Å². The third-order valence-corrected chi connectivity index (χ3v) is 4.85. The second kappa shape index (κ2) is 5.20. The predicted octanol–water partition coefficient (Wildman–Crippen LogP) is 2.84. The number of benzene rings is 1. The van der Waals surface area contributed by atoms with E-state index in [0.717, 1.165) is 33.0 Å². The van der Waals surface area contributed by atoms with Crippen LogP contribution in [0.1, 0.15) is 14.7 Å². The molecule has 4 rings (SSSR count). The van der Waals surface area contributed by atoms with Crippen molar-refractivity contribution in [2.45, 2.75) is 6.42 Å². The molecule has 0 fully saturated rings. The monoisotopic (exact) mass is 327 g/mol. The number of aromatic nitrogens is 3. The summed E-state index contributed by atoms with van der Waals surface area (Å²) in [5, 5.41) is 13.5. The van der Waals surface area contributed by atoms with E-state index < -0.39 is 5.97 Å². The quantitative estimate of drug-likeness (QED) is 0.783. The van der Waals surface area contributed by atoms with Gasteiger partial charge in [0.1, 0.15) is 5.75 Å². The Hall–Kier alpha value is -2.67. The second-order valence-corrected chi connectivity index (χ2v) is 6.39. The molecule has 0 spiro atoms. The molecule has 7 heteroatoms. The zero-order valence-corrected chi connectivity index (χ0v) is 13.1. The molecule has 6 nitrogen and oxygen atoms in total. The lowest BCUT2D eigenvalue weighted by Gasteiger charge is -2.08. The van der Waals surface area contributed by atoms with Crippen LogP contribution in [-0.2, 0) is 13.5 Å². The smallest absolute Gasteiger partial charge is 0.365 e. The molecule has 0 amide bonds. The van der Waals surface area contributed by atoms with Crippen LogP contribution in [0.3, 0.4) is 0 Å². The van der Waals surface area contributed by atoms with Crippen molar-refractivity contribution in [3.05, 3.63) is 40.5 Å². The molecular weight excluding hydrogens is 314 g/mol. The lowest BCUT2D eigenvalue weighted by atomic mass is 10.0. The first-order valence-corrected chi connectivity index (χ1v) is 7.93. The number of carbonyl (C=O) groups is 1. The van der Waals surface area contributed by atoms with Crippen LogP contribution in [-0.4, -0.2) is 32.4 Å². The minimum absolute atomic E-state index is 0.124. The normalized spacial score (nSPS) is 12.9. The van der Waals surface area contributed by atoms with E-state index in [1.54, 1.807) is 10.9 Å². The summed E-state index contributed by atoms with van der Waals surface area (Å²) < 4.78 is 7.60. The van der Waals surface area contributed by atoms with Crippen LogP contribution in [0.25, 0.3) is 22.4 Å². The van der Waals surface area contributed by atoms with Gasteiger partial charge in [0.15, 0.2) is 0 Å². The number of hydrogen-bond acceptors (Lipinski definition) is 5. The predicted molar refractivity (Wildman–Crippen MR) is 85.9 cm³/mol. The molecule has 23 heavy (non-hydrogen) atoms. The number of aryl methyl sites for hydroxylation is 1. The van der Waals surface area contributed by atoms with E-state index in [2.05, 4.69) is 10.1 Å². The summed E-state index contributed by atoms with van der Waals surface area (Å²) >= 11 is 1.22. The molecule has 116 valence electrons. The maximum atomic E-state index is 11.2. The fraction of sp³-hybridized carbons (Fsp3) is 0.188. The molecule has 1 aliphatic heterocycles. The topological polar surface area (TPSA) is 77.2 Å². The van der Waals surface area contributed by atoms with Gasteiger partial charge in [-0.25, -0.2) is 9.78 Å². The summed E-state index contributed by atoms with van der Waals surface area (Å²) in [4.78, 5) is 16.4. The van der Waals surface area contributed by atoms with Crippen molar-refractivity contribution in [2.75, 3.05) is 6.61 Å². The molecule has 1 aromatic carbocycles. The molecule has 0 bridgehead atoms. The first kappa shape index (κ1) is 14.0. The van der Waals surface area contributed by atoms with Crippen molar-refractivity contribution < 1.29 is 14.6 Å². The van der Waals surface area contributed by atoms with E-state index in [9.17, 15) is 4.79 Å². The van der Waals surface area contributed by atoms with Crippen molar-refractivity contribution in [2.24, 2.45) is 7.05 Å². The number of thiazole rings is 1. The van der Waals surface area contributed by atoms with Gasteiger partial charge >= 0.3 is 5.97 Å². The third-order valence-electron chi connectivity index (χ3n) is 3.74. The van der Waals surface area contributed by atoms with Gasteiger partial charge < -0.3 is 9.84 Å². The molecule has 1 aliphatic rings. The molecule has 1 N–H and O–H groups in total. The minimum Gasteiger partial charge on any atom is -0.492 e. The molecule has 0 aliphatic carbocycles. The number of nitrogens with zero attached hydrogens (tertiary/aromatic N) is 3. The van der Waals surface area contributed by atoms with Gasteiger partial charge in [-0.05, 0) is 17.7 Å². The van der Waals surface area contributed by atoms with Gasteiger partial charge in [-0.1, -0.05) is 6.07 Å². The highest BCUT2D eigenvalue weighted by Gasteiger charge is 2.23. The van der Waals surface area contributed by atoms with Gasteiger partial charge in [-0.3, -0.25) is 4.68 Å². The van der Waals surface area contributed by atoms with E-state index in [4.69, 9.17) is 9.84 Å². The Balaban J connectivity index is 1.83. The molecule has 0 saturated carbocycles. The molecule has 0 saturated heterocycles. The standard InChI is InChI=1S/C16H13N3O3S/c1-19-8-10(7-17-19)9-2-3-11-12(6-9)22-5-4-13-14(11)18-15(23-13)16(20)21/h2-3,6-8H,4-5H2,1H3,(H,20,21). The highest BCUT2D eigenvalue weighted by molar-refractivity contribution is 7.14. The Morgan fingerprint density at radius 2 is 2.26 bits per heavy atom. The molecular formula is C16H13N3O3S. The molecule has 0 atom stereocenters. The van der Waals surface area contributed by atoms with E-state index in [1.165, 1.54) is 11.3 Å². The molecule has 2 aromatic heterocycles. The molecule has 0 unspecified atom stereocenters. The first-order valence-electron chi connectivity index (χ1n) is 7.11. The fourth-order valence-electron chi connectivity index (χ4n) is 2.66. The van der Waals surface area contributed by atoms with E-state index in [1.807, 2.05) is 31.4 Å². The Kier molecular flexibility index (Phi) is 3.16. The summed E-state index contributed by atoms with van der Waals surface area (Å²) in [7, 11) is 1.87. The van der Waals surface area contributed by atoms with Crippen molar-refractivity contribution in [1.29, 1.82) is 0 Å².